The monoisotopic (exact) mass is 242 g/mol. The Morgan fingerprint density at radius 2 is 1.88 bits per heavy atom. The molecule has 3 N–H and O–H groups in total. The van der Waals surface area contributed by atoms with E-state index in [1.54, 1.807) is 24.3 Å². The number of rotatable bonds is 6. The Hall–Kier alpha value is -1.07. The van der Waals surface area contributed by atoms with E-state index in [9.17, 15) is 8.42 Å². The highest BCUT2D eigenvalue weighted by Gasteiger charge is 2.09. The van der Waals surface area contributed by atoms with Crippen LogP contribution in [0.15, 0.2) is 24.3 Å². The number of hydrogen-bond donors (Lipinski definition) is 2. The average molecular weight is 242 g/mol. The Balaban J connectivity index is 2.55. The van der Waals surface area contributed by atoms with Crippen LogP contribution in [0.5, 0.6) is 0 Å². The highest BCUT2D eigenvalue weighted by Crippen LogP contribution is 2.08. The van der Waals surface area contributed by atoms with E-state index in [0.717, 1.165) is 18.4 Å². The van der Waals surface area contributed by atoms with Crippen molar-refractivity contribution in [3.63, 3.8) is 0 Å². The van der Waals surface area contributed by atoms with Crippen molar-refractivity contribution < 1.29 is 8.42 Å². The predicted molar refractivity (Wildman–Crippen MR) is 66.4 cm³/mol. The van der Waals surface area contributed by atoms with Gasteiger partial charge in [0.05, 0.1) is 5.75 Å². The highest BCUT2D eigenvalue weighted by atomic mass is 32.2. The standard InChI is InChI=1S/C11H18N2O2S/c1-2-3-8-13-16(14,15)9-10-4-6-11(12)7-5-10/h4-7,13H,2-3,8-9,12H2,1H3. The average Bonchev–Trinajstić information content (AvgIpc) is 2.21. The van der Waals surface area contributed by atoms with Crippen molar-refractivity contribution >= 4 is 15.7 Å². The van der Waals surface area contributed by atoms with Crippen molar-refractivity contribution in [3.05, 3.63) is 29.8 Å². The van der Waals surface area contributed by atoms with Gasteiger partial charge in [0.25, 0.3) is 0 Å². The molecule has 16 heavy (non-hydrogen) atoms. The summed E-state index contributed by atoms with van der Waals surface area (Å²) in [6.45, 7) is 2.53. The van der Waals surface area contributed by atoms with Gasteiger partial charge in [-0.2, -0.15) is 0 Å². The molecule has 1 aromatic carbocycles. The summed E-state index contributed by atoms with van der Waals surface area (Å²) < 4.78 is 25.8. The summed E-state index contributed by atoms with van der Waals surface area (Å²) in [6, 6.07) is 6.87. The van der Waals surface area contributed by atoms with Gasteiger partial charge in [0.1, 0.15) is 0 Å². The molecule has 0 amide bonds. The van der Waals surface area contributed by atoms with Gasteiger partial charge < -0.3 is 5.73 Å². The maximum Gasteiger partial charge on any atom is 0.215 e. The normalized spacial score (nSPS) is 11.6. The summed E-state index contributed by atoms with van der Waals surface area (Å²) in [6.07, 6.45) is 1.84. The van der Waals surface area contributed by atoms with Crippen LogP contribution in [-0.4, -0.2) is 15.0 Å². The lowest BCUT2D eigenvalue weighted by Crippen LogP contribution is -2.26. The summed E-state index contributed by atoms with van der Waals surface area (Å²) in [5, 5.41) is 0. The van der Waals surface area contributed by atoms with Crippen LogP contribution in [0.1, 0.15) is 25.3 Å². The van der Waals surface area contributed by atoms with Crippen LogP contribution in [0.2, 0.25) is 0 Å². The van der Waals surface area contributed by atoms with E-state index >= 15 is 0 Å². The number of nitrogens with one attached hydrogen (secondary N) is 1. The van der Waals surface area contributed by atoms with E-state index < -0.39 is 10.0 Å². The minimum absolute atomic E-state index is 0.0109. The van der Waals surface area contributed by atoms with E-state index in [0.29, 0.717) is 12.2 Å². The molecule has 90 valence electrons. The van der Waals surface area contributed by atoms with Crippen molar-refractivity contribution in [2.24, 2.45) is 0 Å². The number of sulfonamides is 1. The Morgan fingerprint density at radius 1 is 1.25 bits per heavy atom. The minimum atomic E-state index is -3.21. The number of anilines is 1. The SMILES string of the molecule is CCCCNS(=O)(=O)Cc1ccc(N)cc1. The Morgan fingerprint density at radius 3 is 2.44 bits per heavy atom. The molecule has 1 aromatic rings. The van der Waals surface area contributed by atoms with Crippen LogP contribution in [0, 0.1) is 0 Å². The molecule has 5 heteroatoms. The van der Waals surface area contributed by atoms with Gasteiger partial charge in [0.15, 0.2) is 0 Å². The molecule has 0 aromatic heterocycles. The zero-order chi connectivity index (χ0) is 12.0. The van der Waals surface area contributed by atoms with Crippen molar-refractivity contribution in [1.29, 1.82) is 0 Å². The number of nitrogen functional groups attached to an aromatic ring is 1. The maximum atomic E-state index is 11.6. The topological polar surface area (TPSA) is 72.2 Å². The Labute approximate surface area is 96.9 Å². The summed E-state index contributed by atoms with van der Waals surface area (Å²) in [7, 11) is -3.21. The van der Waals surface area contributed by atoms with E-state index in [-0.39, 0.29) is 5.75 Å². The van der Waals surface area contributed by atoms with Gasteiger partial charge in [0.2, 0.25) is 10.0 Å². The van der Waals surface area contributed by atoms with Crippen LogP contribution < -0.4 is 10.5 Å². The highest BCUT2D eigenvalue weighted by molar-refractivity contribution is 7.88. The Bertz CT molecular complexity index is 412. The molecule has 0 aliphatic rings. The molecule has 1 rings (SSSR count). The number of unbranched alkanes of at least 4 members (excludes halogenated alkanes) is 1. The lowest BCUT2D eigenvalue weighted by Gasteiger charge is -2.06. The first-order valence-corrected chi connectivity index (χ1v) is 7.00. The molecule has 4 nitrogen and oxygen atoms in total. The van der Waals surface area contributed by atoms with Crippen molar-refractivity contribution in [2.45, 2.75) is 25.5 Å². The van der Waals surface area contributed by atoms with E-state index in [2.05, 4.69) is 4.72 Å². The molecule has 0 heterocycles. The first-order chi connectivity index (χ1) is 7.53. The fourth-order valence-corrected chi connectivity index (χ4v) is 2.48. The molecular formula is C11H18N2O2S. The molecule has 0 aliphatic carbocycles. The molecule has 0 saturated carbocycles. The van der Waals surface area contributed by atoms with Crippen LogP contribution in [0.4, 0.5) is 5.69 Å². The number of nitrogens with two attached hydrogens (primary N) is 1. The summed E-state index contributed by atoms with van der Waals surface area (Å²) in [4.78, 5) is 0. The van der Waals surface area contributed by atoms with Gasteiger partial charge in [-0.25, -0.2) is 13.1 Å². The lowest BCUT2D eigenvalue weighted by molar-refractivity contribution is 0.577. The van der Waals surface area contributed by atoms with Crippen LogP contribution in [0.25, 0.3) is 0 Å². The molecule has 0 aliphatic heterocycles. The molecular weight excluding hydrogens is 224 g/mol. The zero-order valence-electron chi connectivity index (χ0n) is 9.44. The van der Waals surface area contributed by atoms with Gasteiger partial charge in [-0.05, 0) is 24.1 Å². The van der Waals surface area contributed by atoms with Gasteiger partial charge >= 0.3 is 0 Å². The van der Waals surface area contributed by atoms with Crippen LogP contribution in [0.3, 0.4) is 0 Å². The fourth-order valence-electron chi connectivity index (χ4n) is 1.29. The zero-order valence-corrected chi connectivity index (χ0v) is 10.3. The molecule has 0 fully saturated rings. The summed E-state index contributed by atoms with van der Waals surface area (Å²) >= 11 is 0. The van der Waals surface area contributed by atoms with Crippen LogP contribution >= 0.6 is 0 Å². The van der Waals surface area contributed by atoms with Gasteiger partial charge in [-0.3, -0.25) is 0 Å². The molecule has 0 bridgehead atoms. The molecule has 0 unspecified atom stereocenters. The van der Waals surface area contributed by atoms with E-state index in [1.165, 1.54) is 0 Å². The number of benzene rings is 1. The predicted octanol–water partition coefficient (Wildman–Crippen LogP) is 1.49. The second-order valence-electron chi connectivity index (χ2n) is 3.75. The second-order valence-corrected chi connectivity index (χ2v) is 5.56. The van der Waals surface area contributed by atoms with Crippen LogP contribution in [-0.2, 0) is 15.8 Å². The molecule has 0 spiro atoms. The van der Waals surface area contributed by atoms with Crippen molar-refractivity contribution in [3.8, 4) is 0 Å². The third kappa shape index (κ3) is 4.63. The molecule has 0 atom stereocenters. The van der Waals surface area contributed by atoms with Gasteiger partial charge in [-0.1, -0.05) is 25.5 Å². The first kappa shape index (κ1) is 13.0. The summed E-state index contributed by atoms with van der Waals surface area (Å²) in [5.74, 6) is 0.0109. The smallest absolute Gasteiger partial charge is 0.215 e. The first-order valence-electron chi connectivity index (χ1n) is 5.35. The third-order valence-corrected chi connectivity index (χ3v) is 3.55. The summed E-state index contributed by atoms with van der Waals surface area (Å²) in [5.41, 5.74) is 6.91. The quantitative estimate of drug-likeness (QED) is 0.586. The lowest BCUT2D eigenvalue weighted by atomic mass is 10.2. The van der Waals surface area contributed by atoms with Crippen molar-refractivity contribution in [2.75, 3.05) is 12.3 Å². The van der Waals surface area contributed by atoms with Gasteiger partial charge in [0, 0.05) is 12.2 Å². The Kier molecular flexibility index (Phi) is 4.76. The van der Waals surface area contributed by atoms with Gasteiger partial charge in [-0.15, -0.1) is 0 Å². The molecule has 0 radical (unpaired) electrons. The molecule has 0 saturated heterocycles. The number of hydrogen-bond acceptors (Lipinski definition) is 3. The largest absolute Gasteiger partial charge is 0.399 e. The maximum absolute atomic E-state index is 11.6. The van der Waals surface area contributed by atoms with Crippen molar-refractivity contribution in [1.82, 2.24) is 4.72 Å². The third-order valence-electron chi connectivity index (χ3n) is 2.19. The fraction of sp³-hybridized carbons (Fsp3) is 0.455. The minimum Gasteiger partial charge on any atom is -0.399 e. The van der Waals surface area contributed by atoms with E-state index in [1.807, 2.05) is 6.92 Å². The van der Waals surface area contributed by atoms with E-state index in [4.69, 9.17) is 5.73 Å². The second kappa shape index (κ2) is 5.86.